The fraction of sp³-hybridized carbons (Fsp3) is 0.636. The van der Waals surface area contributed by atoms with Crippen LogP contribution in [0.15, 0.2) is 10.9 Å². The Kier molecular flexibility index (Phi) is 3.47. The minimum absolute atomic E-state index is 0.199. The molecule has 0 aliphatic rings. The van der Waals surface area contributed by atoms with Crippen LogP contribution in [0.2, 0.25) is 0 Å². The molecule has 1 N–H and O–H groups in total. The molecule has 96 valence electrons. The van der Waals surface area contributed by atoms with E-state index in [2.05, 4.69) is 9.97 Å². The van der Waals surface area contributed by atoms with Gasteiger partial charge in [-0.25, -0.2) is 13.4 Å². The van der Waals surface area contributed by atoms with Gasteiger partial charge in [-0.05, 0) is 6.92 Å². The second-order valence-corrected chi connectivity index (χ2v) is 7.60. The molecule has 1 atom stereocenters. The summed E-state index contributed by atoms with van der Waals surface area (Å²) in [4.78, 5) is 18.2. The smallest absolute Gasteiger partial charge is 0.251 e. The van der Waals surface area contributed by atoms with Gasteiger partial charge in [0.1, 0.15) is 11.1 Å². The van der Waals surface area contributed by atoms with Crippen LogP contribution in [-0.2, 0) is 15.3 Å². The molecule has 0 saturated carbocycles. The van der Waals surface area contributed by atoms with Crippen LogP contribution in [0.1, 0.15) is 44.5 Å². The maximum absolute atomic E-state index is 11.5. The minimum Gasteiger partial charge on any atom is -0.309 e. The topological polar surface area (TPSA) is 79.9 Å². The van der Waals surface area contributed by atoms with Gasteiger partial charge in [0.25, 0.3) is 5.56 Å². The molecule has 17 heavy (non-hydrogen) atoms. The summed E-state index contributed by atoms with van der Waals surface area (Å²) >= 11 is 0. The number of aromatic amines is 1. The van der Waals surface area contributed by atoms with Crippen molar-refractivity contribution in [1.82, 2.24) is 9.97 Å². The molecular weight excluding hydrogens is 240 g/mol. The summed E-state index contributed by atoms with van der Waals surface area (Å²) in [6.45, 7) is 7.27. The Hall–Kier alpha value is -1.17. The van der Waals surface area contributed by atoms with Crippen molar-refractivity contribution in [3.05, 3.63) is 27.9 Å². The van der Waals surface area contributed by atoms with E-state index in [1.165, 1.54) is 13.0 Å². The summed E-state index contributed by atoms with van der Waals surface area (Å²) in [5.74, 6) is 0.199. The zero-order valence-electron chi connectivity index (χ0n) is 10.7. The molecule has 1 unspecified atom stereocenters. The lowest BCUT2D eigenvalue weighted by Crippen LogP contribution is -2.23. The van der Waals surface area contributed by atoms with Gasteiger partial charge in [0, 0.05) is 17.7 Å². The largest absolute Gasteiger partial charge is 0.309 e. The Morgan fingerprint density at radius 3 is 2.29 bits per heavy atom. The van der Waals surface area contributed by atoms with E-state index >= 15 is 0 Å². The van der Waals surface area contributed by atoms with E-state index in [0.717, 1.165) is 6.26 Å². The van der Waals surface area contributed by atoms with E-state index in [1.807, 2.05) is 20.8 Å². The molecule has 0 radical (unpaired) electrons. The van der Waals surface area contributed by atoms with Crippen LogP contribution in [0.3, 0.4) is 0 Å². The number of rotatable bonds is 2. The zero-order valence-corrected chi connectivity index (χ0v) is 11.6. The number of aromatic nitrogens is 2. The summed E-state index contributed by atoms with van der Waals surface area (Å²) < 4.78 is 22.9. The minimum atomic E-state index is -3.27. The fourth-order valence-electron chi connectivity index (χ4n) is 1.26. The Labute approximate surface area is 101 Å². The molecule has 0 amide bonds. The van der Waals surface area contributed by atoms with E-state index in [-0.39, 0.29) is 16.8 Å². The monoisotopic (exact) mass is 258 g/mol. The third kappa shape index (κ3) is 3.39. The lowest BCUT2D eigenvalue weighted by Gasteiger charge is -2.19. The summed E-state index contributed by atoms with van der Waals surface area (Å²) in [6, 6.07) is 1.40. The highest BCUT2D eigenvalue weighted by atomic mass is 32.2. The third-order valence-corrected chi connectivity index (χ3v) is 4.06. The highest BCUT2D eigenvalue weighted by Crippen LogP contribution is 2.21. The first-order valence-corrected chi connectivity index (χ1v) is 7.28. The second kappa shape index (κ2) is 4.25. The van der Waals surface area contributed by atoms with Crippen molar-refractivity contribution in [3.8, 4) is 0 Å². The van der Waals surface area contributed by atoms with Gasteiger partial charge >= 0.3 is 0 Å². The first kappa shape index (κ1) is 13.9. The molecule has 1 heterocycles. The molecule has 0 saturated heterocycles. The van der Waals surface area contributed by atoms with Crippen LogP contribution in [-0.4, -0.2) is 24.6 Å². The Bertz CT molecular complexity index is 567. The number of hydrogen-bond donors (Lipinski definition) is 1. The number of sulfone groups is 1. The van der Waals surface area contributed by atoms with Gasteiger partial charge in [0.05, 0.1) is 5.69 Å². The maximum atomic E-state index is 11.5. The Balaban J connectivity index is 3.39. The predicted molar refractivity (Wildman–Crippen MR) is 66.8 cm³/mol. The van der Waals surface area contributed by atoms with Crippen molar-refractivity contribution in [3.63, 3.8) is 0 Å². The summed E-state index contributed by atoms with van der Waals surface area (Å²) in [7, 11) is -3.27. The molecule has 0 spiro atoms. The quantitative estimate of drug-likeness (QED) is 0.863. The van der Waals surface area contributed by atoms with E-state index in [0.29, 0.717) is 5.69 Å². The van der Waals surface area contributed by atoms with Gasteiger partial charge in [0.15, 0.2) is 9.84 Å². The Morgan fingerprint density at radius 2 is 1.88 bits per heavy atom. The van der Waals surface area contributed by atoms with Gasteiger partial charge in [-0.1, -0.05) is 20.8 Å². The molecule has 0 aliphatic carbocycles. The lowest BCUT2D eigenvalue weighted by molar-refractivity contribution is 0.555. The van der Waals surface area contributed by atoms with Crippen LogP contribution < -0.4 is 5.56 Å². The highest BCUT2D eigenvalue weighted by Gasteiger charge is 2.23. The number of hydrogen-bond acceptors (Lipinski definition) is 4. The predicted octanol–water partition coefficient (Wildman–Crippen LogP) is 1.17. The molecule has 1 rings (SSSR count). The molecule has 0 fully saturated rings. The van der Waals surface area contributed by atoms with Crippen LogP contribution in [0.25, 0.3) is 0 Å². The third-order valence-electron chi connectivity index (χ3n) is 2.56. The van der Waals surface area contributed by atoms with Crippen LogP contribution >= 0.6 is 0 Å². The van der Waals surface area contributed by atoms with E-state index in [9.17, 15) is 13.2 Å². The normalized spacial score (nSPS) is 14.6. The number of nitrogens with zero attached hydrogens (tertiary/aromatic N) is 1. The van der Waals surface area contributed by atoms with E-state index in [4.69, 9.17) is 0 Å². The van der Waals surface area contributed by atoms with Crippen LogP contribution in [0, 0.1) is 0 Å². The molecule has 1 aromatic rings. The molecule has 5 nitrogen and oxygen atoms in total. The fourth-order valence-corrected chi connectivity index (χ4v) is 1.77. The van der Waals surface area contributed by atoms with Crippen molar-refractivity contribution in [2.75, 3.05) is 6.26 Å². The van der Waals surface area contributed by atoms with Crippen LogP contribution in [0.4, 0.5) is 0 Å². The van der Waals surface area contributed by atoms with Crippen LogP contribution in [0.5, 0.6) is 0 Å². The summed E-state index contributed by atoms with van der Waals surface area (Å²) in [6.07, 6.45) is 1.13. The van der Waals surface area contributed by atoms with Crippen molar-refractivity contribution in [2.24, 2.45) is 0 Å². The van der Waals surface area contributed by atoms with Gasteiger partial charge in [-0.2, -0.15) is 0 Å². The van der Waals surface area contributed by atoms with E-state index < -0.39 is 15.1 Å². The van der Waals surface area contributed by atoms with Crippen molar-refractivity contribution in [1.29, 1.82) is 0 Å². The average molecular weight is 258 g/mol. The molecule has 0 aliphatic heterocycles. The summed E-state index contributed by atoms with van der Waals surface area (Å²) in [5.41, 5.74) is -0.0255. The SMILES string of the molecule is CC(c1nc(C(C)(C)C)cc(=O)[nH]1)S(C)(=O)=O. The maximum Gasteiger partial charge on any atom is 0.251 e. The van der Waals surface area contributed by atoms with Crippen molar-refractivity contribution in [2.45, 2.75) is 38.4 Å². The standard InChI is InChI=1S/C11H18N2O3S/c1-7(17(5,15)16)10-12-8(11(2,3)4)6-9(14)13-10/h6-7H,1-5H3,(H,12,13,14). The van der Waals surface area contributed by atoms with Gasteiger partial charge < -0.3 is 4.98 Å². The molecule has 1 aromatic heterocycles. The van der Waals surface area contributed by atoms with Gasteiger partial charge in [-0.15, -0.1) is 0 Å². The average Bonchev–Trinajstić information content (AvgIpc) is 2.12. The zero-order chi connectivity index (χ0) is 13.4. The first-order valence-electron chi connectivity index (χ1n) is 5.32. The summed E-state index contributed by atoms with van der Waals surface area (Å²) in [5, 5.41) is -0.808. The molecule has 6 heteroatoms. The first-order chi connectivity index (χ1) is 7.51. The molecule has 0 bridgehead atoms. The van der Waals surface area contributed by atoms with E-state index in [1.54, 1.807) is 0 Å². The number of H-pyrrole nitrogens is 1. The highest BCUT2D eigenvalue weighted by molar-refractivity contribution is 7.90. The lowest BCUT2D eigenvalue weighted by atomic mass is 9.92. The molecular formula is C11H18N2O3S. The Morgan fingerprint density at radius 1 is 1.35 bits per heavy atom. The molecule has 0 aromatic carbocycles. The van der Waals surface area contributed by atoms with Crippen molar-refractivity contribution >= 4 is 9.84 Å². The van der Waals surface area contributed by atoms with Gasteiger partial charge in [-0.3, -0.25) is 4.79 Å². The number of nitrogens with one attached hydrogen (secondary N) is 1. The van der Waals surface area contributed by atoms with Crippen molar-refractivity contribution < 1.29 is 8.42 Å². The van der Waals surface area contributed by atoms with Gasteiger partial charge in [0.2, 0.25) is 0 Å². The second-order valence-electron chi connectivity index (χ2n) is 5.24.